The SMILES string of the molecule is CCS(=O)(=O)c1cccc(C(=O)N(Cc2ccccn2)c2nc3cc(C)c(C)cc3s2)c1. The van der Waals surface area contributed by atoms with Crippen LogP contribution in [0.15, 0.2) is 65.7 Å². The zero-order valence-electron chi connectivity index (χ0n) is 18.1. The summed E-state index contributed by atoms with van der Waals surface area (Å²) in [7, 11) is -3.43. The highest BCUT2D eigenvalue weighted by Crippen LogP contribution is 2.32. The number of benzene rings is 2. The lowest BCUT2D eigenvalue weighted by molar-refractivity contribution is 0.0984. The Morgan fingerprint density at radius 3 is 2.53 bits per heavy atom. The van der Waals surface area contributed by atoms with Crippen molar-refractivity contribution in [3.63, 3.8) is 0 Å². The molecule has 0 unspecified atom stereocenters. The summed E-state index contributed by atoms with van der Waals surface area (Å²) in [6.45, 7) is 5.89. The number of carbonyl (C=O) groups excluding carboxylic acids is 1. The van der Waals surface area contributed by atoms with E-state index in [9.17, 15) is 13.2 Å². The van der Waals surface area contributed by atoms with Gasteiger partial charge in [-0.25, -0.2) is 13.4 Å². The van der Waals surface area contributed by atoms with E-state index in [2.05, 4.69) is 11.1 Å². The van der Waals surface area contributed by atoms with Crippen LogP contribution in [0.1, 0.15) is 34.1 Å². The Labute approximate surface area is 191 Å². The van der Waals surface area contributed by atoms with Crippen molar-refractivity contribution >= 4 is 42.4 Å². The molecule has 4 aromatic rings. The fraction of sp³-hybridized carbons (Fsp3) is 0.208. The number of sulfone groups is 1. The number of hydrogen-bond donors (Lipinski definition) is 0. The maximum absolute atomic E-state index is 13.6. The Morgan fingerprint density at radius 1 is 1.03 bits per heavy atom. The summed E-state index contributed by atoms with van der Waals surface area (Å²) >= 11 is 1.43. The molecule has 164 valence electrons. The third-order valence-corrected chi connectivity index (χ3v) is 8.11. The summed E-state index contributed by atoms with van der Waals surface area (Å²) < 4.78 is 25.7. The summed E-state index contributed by atoms with van der Waals surface area (Å²) in [6, 6.07) is 15.8. The van der Waals surface area contributed by atoms with E-state index in [0.717, 1.165) is 21.3 Å². The van der Waals surface area contributed by atoms with Crippen LogP contribution < -0.4 is 4.90 Å². The third kappa shape index (κ3) is 4.42. The average Bonchev–Trinajstić information content (AvgIpc) is 3.20. The molecule has 0 bridgehead atoms. The van der Waals surface area contributed by atoms with Crippen LogP contribution in [0.25, 0.3) is 10.2 Å². The molecule has 4 rings (SSSR count). The van der Waals surface area contributed by atoms with Crippen molar-refractivity contribution in [2.45, 2.75) is 32.2 Å². The summed E-state index contributed by atoms with van der Waals surface area (Å²) in [6.07, 6.45) is 1.68. The molecule has 0 N–H and O–H groups in total. The molecule has 0 radical (unpaired) electrons. The largest absolute Gasteiger partial charge is 0.278 e. The van der Waals surface area contributed by atoms with Gasteiger partial charge in [0.25, 0.3) is 5.91 Å². The number of rotatable bonds is 6. The van der Waals surface area contributed by atoms with Crippen molar-refractivity contribution in [1.82, 2.24) is 9.97 Å². The average molecular weight is 466 g/mol. The van der Waals surface area contributed by atoms with Gasteiger partial charge in [0.2, 0.25) is 0 Å². The molecule has 0 atom stereocenters. The predicted octanol–water partition coefficient (Wildman–Crippen LogP) is 4.95. The molecule has 2 aromatic carbocycles. The summed E-state index contributed by atoms with van der Waals surface area (Å²) in [5.74, 6) is -0.352. The number of nitrogens with zero attached hydrogens (tertiary/aromatic N) is 3. The Morgan fingerprint density at radius 2 is 1.81 bits per heavy atom. The van der Waals surface area contributed by atoms with E-state index in [1.807, 2.05) is 38.1 Å². The lowest BCUT2D eigenvalue weighted by Crippen LogP contribution is -2.30. The van der Waals surface area contributed by atoms with Gasteiger partial charge in [0.05, 0.1) is 33.1 Å². The first-order chi connectivity index (χ1) is 15.3. The topological polar surface area (TPSA) is 80.2 Å². The van der Waals surface area contributed by atoms with Crippen molar-refractivity contribution in [2.75, 3.05) is 10.7 Å². The number of pyridine rings is 1. The first kappa shape index (κ1) is 22.1. The second-order valence-corrected chi connectivity index (χ2v) is 10.8. The number of aryl methyl sites for hydroxylation is 2. The van der Waals surface area contributed by atoms with E-state index in [1.165, 1.54) is 23.5 Å². The van der Waals surface area contributed by atoms with Crippen LogP contribution in [-0.4, -0.2) is 30.0 Å². The van der Waals surface area contributed by atoms with Crippen LogP contribution in [0.5, 0.6) is 0 Å². The monoisotopic (exact) mass is 465 g/mol. The fourth-order valence-corrected chi connectivity index (χ4v) is 5.28. The number of thiazole rings is 1. The minimum absolute atomic E-state index is 0.0289. The van der Waals surface area contributed by atoms with E-state index < -0.39 is 9.84 Å². The molecule has 0 saturated carbocycles. The second kappa shape index (κ2) is 8.80. The van der Waals surface area contributed by atoms with Gasteiger partial charge in [0, 0.05) is 11.8 Å². The Balaban J connectivity index is 1.80. The van der Waals surface area contributed by atoms with Gasteiger partial charge in [-0.15, -0.1) is 0 Å². The molecule has 8 heteroatoms. The second-order valence-electron chi connectivity index (χ2n) is 7.54. The van der Waals surface area contributed by atoms with Gasteiger partial charge in [-0.3, -0.25) is 14.7 Å². The quantitative estimate of drug-likeness (QED) is 0.403. The van der Waals surface area contributed by atoms with Crippen molar-refractivity contribution in [2.24, 2.45) is 0 Å². The standard InChI is InChI=1S/C24H23N3O3S2/c1-4-32(29,30)20-10-7-8-18(14-20)23(28)27(15-19-9-5-6-11-25-19)24-26-21-12-16(2)17(3)13-22(21)31-24/h5-14H,4,15H2,1-3H3. The van der Waals surface area contributed by atoms with E-state index in [0.29, 0.717) is 16.4 Å². The molecule has 6 nitrogen and oxygen atoms in total. The zero-order chi connectivity index (χ0) is 22.9. The molecular formula is C24H23N3O3S2. The van der Waals surface area contributed by atoms with Crippen LogP contribution in [0.3, 0.4) is 0 Å². The number of amides is 1. The van der Waals surface area contributed by atoms with Gasteiger partial charge in [-0.2, -0.15) is 0 Å². The number of fused-ring (bicyclic) bond motifs is 1. The molecule has 1 amide bonds. The van der Waals surface area contributed by atoms with Gasteiger partial charge in [0.1, 0.15) is 0 Å². The van der Waals surface area contributed by atoms with Crippen LogP contribution >= 0.6 is 11.3 Å². The normalized spacial score (nSPS) is 11.6. The molecule has 0 aliphatic heterocycles. The first-order valence-corrected chi connectivity index (χ1v) is 12.7. The molecule has 32 heavy (non-hydrogen) atoms. The molecule has 0 aliphatic carbocycles. The third-order valence-electron chi connectivity index (χ3n) is 5.34. The predicted molar refractivity (Wildman–Crippen MR) is 128 cm³/mol. The van der Waals surface area contributed by atoms with Crippen molar-refractivity contribution in [3.05, 3.63) is 83.2 Å². The van der Waals surface area contributed by atoms with Gasteiger partial charge in [-0.05, 0) is 67.4 Å². The van der Waals surface area contributed by atoms with E-state index >= 15 is 0 Å². The maximum Gasteiger partial charge on any atom is 0.260 e. The smallest absolute Gasteiger partial charge is 0.260 e. The highest BCUT2D eigenvalue weighted by molar-refractivity contribution is 7.91. The van der Waals surface area contributed by atoms with Crippen LogP contribution in [-0.2, 0) is 16.4 Å². The van der Waals surface area contributed by atoms with Crippen LogP contribution in [0.2, 0.25) is 0 Å². The molecule has 0 saturated heterocycles. The first-order valence-electron chi connectivity index (χ1n) is 10.2. The summed E-state index contributed by atoms with van der Waals surface area (Å²) in [4.78, 5) is 24.4. The van der Waals surface area contributed by atoms with E-state index in [-0.39, 0.29) is 23.1 Å². The van der Waals surface area contributed by atoms with Crippen LogP contribution in [0, 0.1) is 13.8 Å². The molecule has 2 aromatic heterocycles. The number of carbonyl (C=O) groups is 1. The van der Waals surface area contributed by atoms with E-state index in [1.54, 1.807) is 30.2 Å². The zero-order valence-corrected chi connectivity index (χ0v) is 19.7. The van der Waals surface area contributed by atoms with E-state index in [4.69, 9.17) is 4.98 Å². The molecule has 0 aliphatic rings. The van der Waals surface area contributed by atoms with Crippen molar-refractivity contribution < 1.29 is 13.2 Å². The molecule has 2 heterocycles. The minimum atomic E-state index is -3.43. The van der Waals surface area contributed by atoms with Crippen molar-refractivity contribution in [1.29, 1.82) is 0 Å². The highest BCUT2D eigenvalue weighted by Gasteiger charge is 2.24. The Kier molecular flexibility index (Phi) is 6.08. The minimum Gasteiger partial charge on any atom is -0.278 e. The van der Waals surface area contributed by atoms with Gasteiger partial charge < -0.3 is 0 Å². The van der Waals surface area contributed by atoms with Gasteiger partial charge >= 0.3 is 0 Å². The Bertz CT molecular complexity index is 1360. The highest BCUT2D eigenvalue weighted by atomic mass is 32.2. The number of anilines is 1. The lowest BCUT2D eigenvalue weighted by atomic mass is 10.1. The summed E-state index contributed by atoms with van der Waals surface area (Å²) in [5.41, 5.74) is 4.13. The number of hydrogen-bond acceptors (Lipinski definition) is 6. The lowest BCUT2D eigenvalue weighted by Gasteiger charge is -2.20. The van der Waals surface area contributed by atoms with Gasteiger partial charge in [-0.1, -0.05) is 30.4 Å². The molecular weight excluding hydrogens is 442 g/mol. The van der Waals surface area contributed by atoms with Crippen LogP contribution in [0.4, 0.5) is 5.13 Å². The molecule has 0 spiro atoms. The molecule has 0 fully saturated rings. The number of aromatic nitrogens is 2. The summed E-state index contributed by atoms with van der Waals surface area (Å²) in [5, 5.41) is 0.546. The Hall–Kier alpha value is -3.10. The van der Waals surface area contributed by atoms with Gasteiger partial charge in [0.15, 0.2) is 15.0 Å². The fourth-order valence-electron chi connectivity index (χ4n) is 3.31. The van der Waals surface area contributed by atoms with Crippen molar-refractivity contribution in [3.8, 4) is 0 Å². The maximum atomic E-state index is 13.6.